The van der Waals surface area contributed by atoms with Crippen LogP contribution in [0.15, 0.2) is 118 Å². The van der Waals surface area contributed by atoms with Gasteiger partial charge in [-0.25, -0.2) is 0 Å². The van der Waals surface area contributed by atoms with Gasteiger partial charge < -0.3 is 0 Å². The van der Waals surface area contributed by atoms with E-state index in [-0.39, 0.29) is 5.43 Å². The molecule has 0 aliphatic rings. The van der Waals surface area contributed by atoms with Crippen molar-refractivity contribution in [1.82, 2.24) is 0 Å². The molecular formula is C36H34Br2Cl2SiZr-2. The standard InChI is InChI=1S/2C17H14Br.C2H6Si.2ClH.Zr/c2*1-2-12-10-13-6-5-8-14(16(13)11-12)15-7-3-4-9-17(15)18;1-3-2;;;/h2*3-11H,2H2,1H3;1-2H3;2*1H;/q2*-1;;;;+2/p-2. The zero-order valence-corrected chi connectivity index (χ0v) is 32.5. The van der Waals surface area contributed by atoms with E-state index in [2.05, 4.69) is 168 Å². The Hall–Kier alpha value is -1.26. The van der Waals surface area contributed by atoms with E-state index in [1.807, 2.05) is 0 Å². The molecule has 0 saturated heterocycles. The second-order valence-corrected chi connectivity index (χ2v) is 35.0. The summed E-state index contributed by atoms with van der Waals surface area (Å²) in [6.07, 6.45) is 2.17. The van der Waals surface area contributed by atoms with Crippen LogP contribution in [0.1, 0.15) is 25.0 Å². The molecule has 0 atom stereocenters. The minimum absolute atomic E-state index is 0.224. The van der Waals surface area contributed by atoms with E-state index in [9.17, 15) is 0 Å². The van der Waals surface area contributed by atoms with Crippen LogP contribution < -0.4 is 0 Å². The molecule has 216 valence electrons. The Kier molecular flexibility index (Phi) is 12.9. The Morgan fingerprint density at radius 1 is 0.595 bits per heavy atom. The average Bonchev–Trinajstić information content (AvgIpc) is 3.62. The summed E-state index contributed by atoms with van der Waals surface area (Å²) in [6, 6.07) is 39.0. The van der Waals surface area contributed by atoms with Crippen molar-refractivity contribution in [2.24, 2.45) is 0 Å². The number of benzene rings is 4. The Labute approximate surface area is 282 Å². The Morgan fingerprint density at radius 3 is 1.29 bits per heavy atom. The Bertz CT molecular complexity index is 1690. The molecule has 0 aromatic heterocycles. The molecule has 0 heterocycles. The molecule has 0 spiro atoms. The number of hydrogen-bond donors (Lipinski definition) is 0. The van der Waals surface area contributed by atoms with Crippen molar-refractivity contribution >= 4 is 75.9 Å². The third-order valence-electron chi connectivity index (χ3n) is 7.14. The molecule has 0 N–H and O–H groups in total. The average molecular weight is 817 g/mol. The minimum atomic E-state index is -1.65. The summed E-state index contributed by atoms with van der Waals surface area (Å²) < 4.78 is 2.30. The summed E-state index contributed by atoms with van der Waals surface area (Å²) in [5.74, 6) is 0. The maximum atomic E-state index is 5.62. The van der Waals surface area contributed by atoms with Crippen molar-refractivity contribution in [1.29, 1.82) is 0 Å². The zero-order chi connectivity index (χ0) is 30.2. The maximum absolute atomic E-state index is 5.62. The molecule has 6 aromatic rings. The van der Waals surface area contributed by atoms with Crippen molar-refractivity contribution < 1.29 is 18.0 Å². The van der Waals surface area contributed by atoms with Gasteiger partial charge in [0.1, 0.15) is 0 Å². The van der Waals surface area contributed by atoms with Crippen LogP contribution in [0.2, 0.25) is 13.1 Å². The van der Waals surface area contributed by atoms with E-state index in [1.165, 1.54) is 54.9 Å². The fraction of sp³-hybridized carbons (Fsp3) is 0.167. The third kappa shape index (κ3) is 8.46. The SMILES string of the molecule is CCc1cc2c(-c3ccccc3Br)cccc2[cH-]1.CCc1cc2c(-c3ccccc3Br)cccc2[cH-]1.C[Si](C)=[Zr]([Cl])[Cl]. The van der Waals surface area contributed by atoms with Crippen LogP contribution in [0.3, 0.4) is 0 Å². The molecule has 6 heteroatoms. The fourth-order valence-corrected chi connectivity index (χ4v) is 5.83. The Morgan fingerprint density at radius 2 is 0.952 bits per heavy atom. The van der Waals surface area contributed by atoms with Crippen molar-refractivity contribution in [3.05, 3.63) is 129 Å². The van der Waals surface area contributed by atoms with E-state index in [0.29, 0.717) is 0 Å². The molecule has 0 amide bonds. The van der Waals surface area contributed by atoms with Gasteiger partial charge in [-0.1, -0.05) is 105 Å². The van der Waals surface area contributed by atoms with E-state index in [1.54, 1.807) is 0 Å². The zero-order valence-electron chi connectivity index (χ0n) is 24.3. The number of aryl methyl sites for hydroxylation is 2. The molecule has 0 aliphatic heterocycles. The van der Waals surface area contributed by atoms with Crippen LogP contribution >= 0.6 is 48.9 Å². The van der Waals surface area contributed by atoms with Gasteiger partial charge >= 0.3 is 53.5 Å². The van der Waals surface area contributed by atoms with Crippen LogP contribution in [0, 0.1) is 0 Å². The molecule has 0 bridgehead atoms. The monoisotopic (exact) mass is 812 g/mol. The summed E-state index contributed by atoms with van der Waals surface area (Å²) in [5, 5.41) is 5.36. The summed E-state index contributed by atoms with van der Waals surface area (Å²) in [5.41, 5.74) is 7.72. The van der Waals surface area contributed by atoms with Gasteiger partial charge in [-0.05, 0) is 36.1 Å². The molecule has 0 unspecified atom stereocenters. The normalized spacial score (nSPS) is 10.6. The van der Waals surface area contributed by atoms with Crippen molar-refractivity contribution in [2.45, 2.75) is 39.8 Å². The molecule has 0 saturated carbocycles. The van der Waals surface area contributed by atoms with Gasteiger partial charge in [-0.2, -0.15) is 12.1 Å². The first kappa shape index (κ1) is 33.6. The number of fused-ring (bicyclic) bond motifs is 2. The number of hydrogen-bond acceptors (Lipinski definition) is 0. The van der Waals surface area contributed by atoms with Crippen LogP contribution in [-0.4, -0.2) is 5.43 Å². The number of rotatable bonds is 4. The molecule has 0 aliphatic carbocycles. The molecule has 0 fully saturated rings. The van der Waals surface area contributed by atoms with E-state index in [4.69, 9.17) is 17.0 Å². The Balaban J connectivity index is 0.000000162. The fourth-order valence-electron chi connectivity index (χ4n) is 4.83. The van der Waals surface area contributed by atoms with Crippen LogP contribution in [-0.2, 0) is 30.8 Å². The van der Waals surface area contributed by atoms with E-state index in [0.717, 1.165) is 21.8 Å². The van der Waals surface area contributed by atoms with Crippen molar-refractivity contribution in [2.75, 3.05) is 0 Å². The second-order valence-electron chi connectivity index (χ2n) is 10.3. The van der Waals surface area contributed by atoms with Gasteiger partial charge in [-0.15, -0.1) is 69.1 Å². The molecule has 42 heavy (non-hydrogen) atoms. The van der Waals surface area contributed by atoms with E-state index < -0.39 is 18.0 Å². The van der Waals surface area contributed by atoms with Crippen molar-refractivity contribution in [3.63, 3.8) is 0 Å². The van der Waals surface area contributed by atoms with Gasteiger partial charge in [0, 0.05) is 8.95 Å². The first-order chi connectivity index (χ1) is 20.2. The second kappa shape index (κ2) is 16.2. The topological polar surface area (TPSA) is 0 Å². The summed E-state index contributed by atoms with van der Waals surface area (Å²) in [6.45, 7) is 8.73. The molecule has 0 radical (unpaired) electrons. The predicted octanol–water partition coefficient (Wildman–Crippen LogP) is 13.3. The van der Waals surface area contributed by atoms with Gasteiger partial charge in [0.15, 0.2) is 0 Å². The third-order valence-corrected chi connectivity index (χ3v) is 28.3. The molecule has 6 rings (SSSR count). The molecule has 6 aromatic carbocycles. The first-order valence-corrected chi connectivity index (χ1v) is 28.2. The first-order valence-electron chi connectivity index (χ1n) is 14.1. The summed E-state index contributed by atoms with van der Waals surface area (Å²) >= 11 is 5.63. The van der Waals surface area contributed by atoms with Gasteiger partial charge in [0.25, 0.3) is 0 Å². The van der Waals surface area contributed by atoms with Crippen molar-refractivity contribution in [3.8, 4) is 22.3 Å². The molecular weight excluding hydrogens is 782 g/mol. The van der Waals surface area contributed by atoms with Gasteiger partial charge in [0.2, 0.25) is 0 Å². The predicted molar refractivity (Wildman–Crippen MR) is 193 cm³/mol. The van der Waals surface area contributed by atoms with Crippen LogP contribution in [0.4, 0.5) is 0 Å². The summed E-state index contributed by atoms with van der Waals surface area (Å²) in [4.78, 5) is 0. The van der Waals surface area contributed by atoms with Gasteiger partial charge in [-0.3, -0.25) is 0 Å². The molecule has 0 nitrogen and oxygen atoms in total. The van der Waals surface area contributed by atoms with E-state index >= 15 is 0 Å². The van der Waals surface area contributed by atoms with Crippen LogP contribution in [0.5, 0.6) is 0 Å². The van der Waals surface area contributed by atoms with Gasteiger partial charge in [0.05, 0.1) is 0 Å². The number of halogens is 4. The quantitative estimate of drug-likeness (QED) is 0.123. The summed E-state index contributed by atoms with van der Waals surface area (Å²) in [7, 11) is 11.2. The van der Waals surface area contributed by atoms with Crippen LogP contribution in [0.25, 0.3) is 43.8 Å².